The summed E-state index contributed by atoms with van der Waals surface area (Å²) in [5.74, 6) is -0.0500. The summed E-state index contributed by atoms with van der Waals surface area (Å²) in [6.45, 7) is 7.78. The first-order valence-electron chi connectivity index (χ1n) is 9.43. The Balaban J connectivity index is 7.11. The molecule has 0 aromatic rings. The lowest BCUT2D eigenvalue weighted by Crippen LogP contribution is -2.73. The SMILES string of the molecule is CO[Si](OC)(OC)O[Si](O[Si](OC)(OC)OC)(O[Si](OC)(OC)OC)C(C)(C)C(C)C. The van der Waals surface area contributed by atoms with Crippen LogP contribution in [0.25, 0.3) is 0 Å². The summed E-state index contributed by atoms with van der Waals surface area (Å²) >= 11 is 0. The predicted molar refractivity (Wildman–Crippen MR) is 118 cm³/mol. The van der Waals surface area contributed by atoms with Gasteiger partial charge in [-0.2, -0.15) is 0 Å². The van der Waals surface area contributed by atoms with Gasteiger partial charge in [-0.25, -0.2) is 0 Å². The second-order valence-corrected chi connectivity index (χ2v) is 18.6. The molecule has 0 amide bonds. The standard InChI is InChI=1S/C15H40O12Si4/c1-14(2)15(3,4)28(25-29(16-5,17-6)18-7,26-30(19-8,20-9)21-10)27-31(22-11,23-12)24-13/h14H,1-13H3. The molecule has 0 aliphatic heterocycles. The summed E-state index contributed by atoms with van der Waals surface area (Å²) in [6, 6.07) is 0. The van der Waals surface area contributed by atoms with Gasteiger partial charge in [0.05, 0.1) is 0 Å². The largest absolute Gasteiger partial charge is 0.671 e. The highest BCUT2D eigenvalue weighted by Gasteiger charge is 2.72. The molecule has 0 atom stereocenters. The maximum atomic E-state index is 6.48. The van der Waals surface area contributed by atoms with Crippen molar-refractivity contribution in [1.29, 1.82) is 0 Å². The Bertz CT molecular complexity index is 432. The fraction of sp³-hybridized carbons (Fsp3) is 1.00. The zero-order valence-corrected chi connectivity index (χ0v) is 25.0. The normalized spacial score (nSPS) is 14.5. The second-order valence-electron chi connectivity index (χ2n) is 7.08. The average molecular weight is 525 g/mol. The quantitative estimate of drug-likeness (QED) is 0.257. The van der Waals surface area contributed by atoms with Gasteiger partial charge in [-0.05, 0) is 5.92 Å². The molecule has 0 rings (SSSR count). The van der Waals surface area contributed by atoms with Gasteiger partial charge in [0.25, 0.3) is 0 Å². The Morgan fingerprint density at radius 2 is 0.645 bits per heavy atom. The summed E-state index contributed by atoms with van der Waals surface area (Å²) in [7, 11) is -2.76. The molecule has 0 bridgehead atoms. The van der Waals surface area contributed by atoms with Crippen LogP contribution in [0, 0.1) is 5.92 Å². The topological polar surface area (TPSA) is 111 Å². The van der Waals surface area contributed by atoms with Crippen molar-refractivity contribution in [3.05, 3.63) is 0 Å². The molecule has 188 valence electrons. The van der Waals surface area contributed by atoms with Crippen molar-refractivity contribution < 1.29 is 52.2 Å². The van der Waals surface area contributed by atoms with Crippen LogP contribution in [0.4, 0.5) is 0 Å². The van der Waals surface area contributed by atoms with Gasteiger partial charge in [0.1, 0.15) is 0 Å². The highest BCUT2D eigenvalue weighted by Crippen LogP contribution is 2.49. The Labute approximate surface area is 191 Å². The van der Waals surface area contributed by atoms with Crippen LogP contribution in [0.3, 0.4) is 0 Å². The van der Waals surface area contributed by atoms with Crippen molar-refractivity contribution >= 4 is 35.9 Å². The van der Waals surface area contributed by atoms with Gasteiger partial charge in [-0.3, -0.25) is 0 Å². The minimum Gasteiger partial charge on any atom is -0.355 e. The van der Waals surface area contributed by atoms with Crippen molar-refractivity contribution in [2.24, 2.45) is 5.92 Å². The van der Waals surface area contributed by atoms with Gasteiger partial charge in [0.15, 0.2) is 0 Å². The first-order valence-corrected chi connectivity index (χ1v) is 16.1. The summed E-state index contributed by atoms with van der Waals surface area (Å²) in [6.07, 6.45) is 0. The van der Waals surface area contributed by atoms with E-state index in [1.165, 1.54) is 64.0 Å². The fourth-order valence-electron chi connectivity index (χ4n) is 2.43. The van der Waals surface area contributed by atoms with E-state index in [2.05, 4.69) is 0 Å². The van der Waals surface area contributed by atoms with Crippen LogP contribution in [0.2, 0.25) is 5.04 Å². The molecule has 0 aromatic carbocycles. The van der Waals surface area contributed by atoms with Gasteiger partial charge in [-0.1, -0.05) is 27.7 Å². The molecule has 12 nitrogen and oxygen atoms in total. The van der Waals surface area contributed by atoms with Crippen molar-refractivity contribution in [2.45, 2.75) is 32.7 Å². The van der Waals surface area contributed by atoms with E-state index < -0.39 is 41.0 Å². The maximum absolute atomic E-state index is 6.48. The van der Waals surface area contributed by atoms with Crippen LogP contribution in [0.1, 0.15) is 27.7 Å². The zero-order valence-electron chi connectivity index (χ0n) is 21.0. The minimum atomic E-state index is -4.12. The van der Waals surface area contributed by atoms with E-state index in [0.29, 0.717) is 0 Å². The predicted octanol–water partition coefficient (Wildman–Crippen LogP) is 1.54. The van der Waals surface area contributed by atoms with E-state index in [1.807, 2.05) is 27.7 Å². The molecule has 0 saturated heterocycles. The monoisotopic (exact) mass is 524 g/mol. The molecule has 0 saturated carbocycles. The number of rotatable bonds is 17. The zero-order chi connectivity index (χ0) is 24.6. The van der Waals surface area contributed by atoms with E-state index >= 15 is 0 Å². The highest BCUT2D eigenvalue weighted by atomic mass is 28.5. The van der Waals surface area contributed by atoms with E-state index in [0.717, 1.165) is 0 Å². The third-order valence-corrected chi connectivity index (χ3v) is 18.1. The molecule has 0 heterocycles. The molecule has 16 heteroatoms. The van der Waals surface area contributed by atoms with Crippen LogP contribution >= 0.6 is 0 Å². The van der Waals surface area contributed by atoms with Gasteiger partial charge in [-0.15, -0.1) is 0 Å². The van der Waals surface area contributed by atoms with Crippen molar-refractivity contribution in [3.8, 4) is 0 Å². The van der Waals surface area contributed by atoms with Crippen molar-refractivity contribution in [3.63, 3.8) is 0 Å². The first-order chi connectivity index (χ1) is 14.4. The lowest BCUT2D eigenvalue weighted by molar-refractivity contribution is -0.0365. The van der Waals surface area contributed by atoms with Gasteiger partial charge >= 0.3 is 35.9 Å². The number of hydrogen-bond donors (Lipinski definition) is 0. The van der Waals surface area contributed by atoms with E-state index in [4.69, 9.17) is 52.2 Å². The summed E-state index contributed by atoms with van der Waals surface area (Å²) < 4.78 is 69.2. The molecule has 0 aliphatic carbocycles. The third-order valence-electron chi connectivity index (χ3n) is 5.26. The Kier molecular flexibility index (Phi) is 12.9. The molecule has 0 unspecified atom stereocenters. The molecule has 0 fully saturated rings. The Hall–Kier alpha value is 0.388. The fourth-order valence-corrected chi connectivity index (χ4v) is 16.4. The van der Waals surface area contributed by atoms with E-state index in [-0.39, 0.29) is 5.92 Å². The number of hydrogen-bond acceptors (Lipinski definition) is 12. The van der Waals surface area contributed by atoms with Crippen LogP contribution in [-0.2, 0) is 52.2 Å². The molecular weight excluding hydrogens is 484 g/mol. The minimum absolute atomic E-state index is 0.0500. The molecule has 0 radical (unpaired) electrons. The van der Waals surface area contributed by atoms with Crippen LogP contribution in [-0.4, -0.2) is 99.9 Å². The van der Waals surface area contributed by atoms with Crippen LogP contribution in [0.15, 0.2) is 0 Å². The highest BCUT2D eigenvalue weighted by molar-refractivity contribution is 6.84. The first kappa shape index (κ1) is 31.4. The van der Waals surface area contributed by atoms with Gasteiger partial charge in [0, 0.05) is 69.0 Å². The lowest BCUT2D eigenvalue weighted by Gasteiger charge is -2.49. The second kappa shape index (κ2) is 12.7. The van der Waals surface area contributed by atoms with Crippen LogP contribution in [0.5, 0.6) is 0 Å². The van der Waals surface area contributed by atoms with Gasteiger partial charge in [0.2, 0.25) is 0 Å². The summed E-state index contributed by atoms with van der Waals surface area (Å²) in [5.41, 5.74) is 0. The van der Waals surface area contributed by atoms with Crippen LogP contribution < -0.4 is 0 Å². The molecule has 0 aromatic heterocycles. The van der Waals surface area contributed by atoms with E-state index in [9.17, 15) is 0 Å². The third kappa shape index (κ3) is 6.72. The molecule has 0 aliphatic rings. The van der Waals surface area contributed by atoms with Crippen molar-refractivity contribution in [2.75, 3.05) is 64.0 Å². The van der Waals surface area contributed by atoms with Gasteiger partial charge < -0.3 is 52.2 Å². The Morgan fingerprint density at radius 1 is 0.452 bits per heavy atom. The van der Waals surface area contributed by atoms with E-state index in [1.54, 1.807) is 0 Å². The molecule has 31 heavy (non-hydrogen) atoms. The molecule has 0 spiro atoms. The molecular formula is C15H40O12Si4. The van der Waals surface area contributed by atoms with Crippen molar-refractivity contribution in [1.82, 2.24) is 0 Å². The summed E-state index contributed by atoms with van der Waals surface area (Å²) in [4.78, 5) is 0. The Morgan fingerprint density at radius 3 is 0.774 bits per heavy atom. The smallest absolute Gasteiger partial charge is 0.355 e. The summed E-state index contributed by atoms with van der Waals surface area (Å²) in [5, 5.41) is -0.817. The lowest BCUT2D eigenvalue weighted by atomic mass is 9.99. The maximum Gasteiger partial charge on any atom is 0.671 e. The molecule has 0 N–H and O–H groups in total. The average Bonchev–Trinajstić information content (AvgIpc) is 2.79.